The Bertz CT molecular complexity index is 530. The Morgan fingerprint density at radius 1 is 1.28 bits per heavy atom. The average Bonchev–Trinajstić information content (AvgIpc) is 2.62. The molecule has 3 N–H and O–H groups in total. The van der Waals surface area contributed by atoms with Gasteiger partial charge in [0.1, 0.15) is 5.82 Å². The lowest BCUT2D eigenvalue weighted by Gasteiger charge is -2.29. The van der Waals surface area contributed by atoms with Crippen LogP contribution in [0.15, 0.2) is 29.3 Å². The van der Waals surface area contributed by atoms with Crippen molar-refractivity contribution in [3.05, 3.63) is 35.6 Å². The number of likely N-dealkylation sites (tertiary alicyclic amines) is 1. The van der Waals surface area contributed by atoms with E-state index in [1.165, 1.54) is 6.07 Å². The number of aliphatic hydroxyl groups is 1. The first kappa shape index (κ1) is 19.7. The van der Waals surface area contributed by atoms with Crippen molar-refractivity contribution in [2.45, 2.75) is 38.7 Å². The molecule has 0 saturated carbocycles. The molecule has 1 heterocycles. The van der Waals surface area contributed by atoms with Crippen LogP contribution >= 0.6 is 0 Å². The number of nitrogens with one attached hydrogen (secondary N) is 2. The smallest absolute Gasteiger partial charge is 0.191 e. The highest BCUT2D eigenvalue weighted by Gasteiger charge is 2.15. The number of rotatable bonds is 8. The van der Waals surface area contributed by atoms with Crippen molar-refractivity contribution >= 4 is 5.96 Å². The molecular formula is C19H31FN4O. The molecule has 0 unspecified atom stereocenters. The predicted molar refractivity (Wildman–Crippen MR) is 100 cm³/mol. The van der Waals surface area contributed by atoms with Crippen LogP contribution in [0.3, 0.4) is 0 Å². The van der Waals surface area contributed by atoms with Crippen LogP contribution in [0.1, 0.15) is 31.7 Å². The van der Waals surface area contributed by atoms with E-state index in [0.29, 0.717) is 13.0 Å². The van der Waals surface area contributed by atoms with E-state index in [-0.39, 0.29) is 11.9 Å². The molecule has 1 fully saturated rings. The van der Waals surface area contributed by atoms with E-state index in [1.807, 2.05) is 19.1 Å². The van der Waals surface area contributed by atoms with Gasteiger partial charge in [-0.05, 0) is 50.8 Å². The molecule has 140 valence electrons. The molecule has 2 rings (SSSR count). The average molecular weight is 350 g/mol. The van der Waals surface area contributed by atoms with E-state index < -0.39 is 0 Å². The van der Waals surface area contributed by atoms with Crippen LogP contribution in [0.5, 0.6) is 0 Å². The van der Waals surface area contributed by atoms with Gasteiger partial charge in [0, 0.05) is 32.7 Å². The molecule has 1 aliphatic heterocycles. The normalized spacial score (nSPS) is 16.8. The summed E-state index contributed by atoms with van der Waals surface area (Å²) in [5.41, 5.74) is 0.720. The topological polar surface area (TPSA) is 59.9 Å². The van der Waals surface area contributed by atoms with Crippen LogP contribution in [0.2, 0.25) is 0 Å². The van der Waals surface area contributed by atoms with Crippen LogP contribution in [0.4, 0.5) is 4.39 Å². The molecule has 0 amide bonds. The summed E-state index contributed by atoms with van der Waals surface area (Å²) in [6.07, 6.45) is 3.27. The Kier molecular flexibility index (Phi) is 8.69. The number of aliphatic hydroxyl groups excluding tert-OH is 1. The van der Waals surface area contributed by atoms with E-state index >= 15 is 0 Å². The Balaban J connectivity index is 1.68. The molecule has 6 heteroatoms. The number of guanidine groups is 1. The van der Waals surface area contributed by atoms with Gasteiger partial charge in [-0.1, -0.05) is 18.2 Å². The zero-order valence-electron chi connectivity index (χ0n) is 15.2. The maximum Gasteiger partial charge on any atom is 0.191 e. The van der Waals surface area contributed by atoms with Crippen LogP contribution in [0, 0.1) is 5.82 Å². The molecule has 1 aromatic rings. The quantitative estimate of drug-likeness (QED) is 0.380. The van der Waals surface area contributed by atoms with E-state index in [1.54, 1.807) is 6.07 Å². The fourth-order valence-electron chi connectivity index (χ4n) is 2.99. The molecule has 0 aliphatic carbocycles. The summed E-state index contributed by atoms with van der Waals surface area (Å²) in [6, 6.07) is 6.88. The second-order valence-corrected chi connectivity index (χ2v) is 6.46. The number of hydrogen-bond acceptors (Lipinski definition) is 3. The zero-order chi connectivity index (χ0) is 17.9. The van der Waals surface area contributed by atoms with Crippen molar-refractivity contribution in [2.75, 3.05) is 39.3 Å². The summed E-state index contributed by atoms with van der Waals surface area (Å²) in [5.74, 6) is 0.630. The SMILES string of the molecule is CCNC(=NCCCN1CCC(O)CC1)NCCc1ccccc1F. The van der Waals surface area contributed by atoms with E-state index in [9.17, 15) is 9.50 Å². The van der Waals surface area contributed by atoms with Crippen LogP contribution in [-0.2, 0) is 6.42 Å². The van der Waals surface area contributed by atoms with Crippen molar-refractivity contribution in [2.24, 2.45) is 4.99 Å². The molecule has 1 aliphatic rings. The van der Waals surface area contributed by atoms with Crippen molar-refractivity contribution < 1.29 is 9.50 Å². The third-order valence-corrected chi connectivity index (χ3v) is 4.45. The first-order valence-corrected chi connectivity index (χ1v) is 9.35. The third kappa shape index (κ3) is 7.40. The molecule has 0 aromatic heterocycles. The molecule has 25 heavy (non-hydrogen) atoms. The highest BCUT2D eigenvalue weighted by Crippen LogP contribution is 2.10. The van der Waals surface area contributed by atoms with Gasteiger partial charge in [0.15, 0.2) is 5.96 Å². The highest BCUT2D eigenvalue weighted by molar-refractivity contribution is 5.79. The summed E-state index contributed by atoms with van der Waals surface area (Å²) in [5, 5.41) is 16.0. The summed E-state index contributed by atoms with van der Waals surface area (Å²) in [4.78, 5) is 6.98. The van der Waals surface area contributed by atoms with Gasteiger partial charge in [0.05, 0.1) is 6.10 Å². The maximum absolute atomic E-state index is 13.6. The third-order valence-electron chi connectivity index (χ3n) is 4.45. The zero-order valence-corrected chi connectivity index (χ0v) is 15.2. The number of nitrogens with zero attached hydrogens (tertiary/aromatic N) is 2. The summed E-state index contributed by atoms with van der Waals surface area (Å²) in [6.45, 7) is 7.22. The number of hydrogen-bond donors (Lipinski definition) is 3. The maximum atomic E-state index is 13.6. The predicted octanol–water partition coefficient (Wildman–Crippen LogP) is 1.77. The molecule has 5 nitrogen and oxygen atoms in total. The van der Waals surface area contributed by atoms with Gasteiger partial charge >= 0.3 is 0 Å². The second-order valence-electron chi connectivity index (χ2n) is 6.46. The Morgan fingerprint density at radius 3 is 2.76 bits per heavy atom. The fourth-order valence-corrected chi connectivity index (χ4v) is 2.99. The second kappa shape index (κ2) is 11.1. The minimum Gasteiger partial charge on any atom is -0.393 e. The van der Waals surface area contributed by atoms with Crippen molar-refractivity contribution in [1.29, 1.82) is 0 Å². The lowest BCUT2D eigenvalue weighted by atomic mass is 10.1. The van der Waals surface area contributed by atoms with Crippen molar-refractivity contribution in [3.63, 3.8) is 0 Å². The molecular weight excluding hydrogens is 319 g/mol. The molecule has 0 bridgehead atoms. The molecule has 0 atom stereocenters. The minimum absolute atomic E-state index is 0.117. The van der Waals surface area contributed by atoms with Gasteiger partial charge in [0.2, 0.25) is 0 Å². The summed E-state index contributed by atoms with van der Waals surface area (Å²) < 4.78 is 13.6. The summed E-state index contributed by atoms with van der Waals surface area (Å²) >= 11 is 0. The standard InChI is InChI=1S/C19H31FN4O/c1-2-21-19(23-12-8-16-6-3-4-7-18(16)20)22-11-5-13-24-14-9-17(25)10-15-24/h3-4,6-7,17,25H,2,5,8-15H2,1H3,(H2,21,22,23). The largest absolute Gasteiger partial charge is 0.393 e. The summed E-state index contributed by atoms with van der Waals surface area (Å²) in [7, 11) is 0. The Labute approximate surface area is 150 Å². The Hall–Kier alpha value is -1.66. The van der Waals surface area contributed by atoms with Gasteiger partial charge in [-0.3, -0.25) is 4.99 Å². The van der Waals surface area contributed by atoms with Crippen molar-refractivity contribution in [3.8, 4) is 0 Å². The number of piperidine rings is 1. The molecule has 1 saturated heterocycles. The first-order chi connectivity index (χ1) is 12.2. The van der Waals surface area contributed by atoms with Crippen LogP contribution < -0.4 is 10.6 Å². The van der Waals surface area contributed by atoms with E-state index in [2.05, 4.69) is 20.5 Å². The van der Waals surface area contributed by atoms with E-state index in [0.717, 1.165) is 63.5 Å². The Morgan fingerprint density at radius 2 is 2.04 bits per heavy atom. The number of aliphatic imine (C=N–C) groups is 1. The minimum atomic E-state index is -0.155. The first-order valence-electron chi connectivity index (χ1n) is 9.35. The van der Waals surface area contributed by atoms with Gasteiger partial charge < -0.3 is 20.6 Å². The molecule has 1 aromatic carbocycles. The molecule has 0 radical (unpaired) electrons. The van der Waals surface area contributed by atoms with Gasteiger partial charge in [0.25, 0.3) is 0 Å². The monoisotopic (exact) mass is 350 g/mol. The van der Waals surface area contributed by atoms with Gasteiger partial charge in [-0.15, -0.1) is 0 Å². The van der Waals surface area contributed by atoms with Gasteiger partial charge in [-0.2, -0.15) is 0 Å². The van der Waals surface area contributed by atoms with Crippen LogP contribution in [0.25, 0.3) is 0 Å². The highest BCUT2D eigenvalue weighted by atomic mass is 19.1. The molecule has 0 spiro atoms. The van der Waals surface area contributed by atoms with E-state index in [4.69, 9.17) is 0 Å². The lowest BCUT2D eigenvalue weighted by Crippen LogP contribution is -2.39. The fraction of sp³-hybridized carbons (Fsp3) is 0.632. The van der Waals surface area contributed by atoms with Crippen LogP contribution in [-0.4, -0.2) is 61.3 Å². The number of benzene rings is 1. The van der Waals surface area contributed by atoms with Crippen molar-refractivity contribution in [1.82, 2.24) is 15.5 Å². The van der Waals surface area contributed by atoms with Gasteiger partial charge in [-0.25, -0.2) is 4.39 Å². The lowest BCUT2D eigenvalue weighted by molar-refractivity contribution is 0.0824. The number of halogens is 1.